The average Bonchev–Trinajstić information content (AvgIpc) is 2.78. The Kier molecular flexibility index (Phi) is 5.71. The van der Waals surface area contributed by atoms with Crippen LogP contribution in [0.5, 0.6) is 0 Å². The van der Waals surface area contributed by atoms with Crippen LogP contribution in [-0.2, 0) is 6.16 Å². The van der Waals surface area contributed by atoms with Crippen LogP contribution in [0, 0.1) is 6.92 Å². The van der Waals surface area contributed by atoms with Gasteiger partial charge in [-0.2, -0.15) is 0 Å². The Hall–Kier alpha value is -1.86. The number of halogens is 1. The molecule has 0 aliphatic heterocycles. The standard InChI is InChI=1S/C26H24BrPS/c1-21-17-18-22(26(29)19-21)20-28(27,23-11-5-2-6-12-23,24-13-7-3-8-14-24)25-15-9-4-10-16-25/h2-19,29H,20H2,1H3. The average molecular weight is 479 g/mol. The summed E-state index contributed by atoms with van der Waals surface area (Å²) in [4.78, 5) is 1.04. The monoisotopic (exact) mass is 478 g/mol. The second-order valence-electron chi connectivity index (χ2n) is 7.48. The van der Waals surface area contributed by atoms with E-state index in [4.69, 9.17) is 12.6 Å². The first-order chi connectivity index (χ1) is 14.0. The van der Waals surface area contributed by atoms with Crippen molar-refractivity contribution in [3.8, 4) is 0 Å². The van der Waals surface area contributed by atoms with Gasteiger partial charge in [-0.1, -0.05) is 0 Å². The predicted molar refractivity (Wildman–Crippen MR) is 136 cm³/mol. The van der Waals surface area contributed by atoms with Crippen molar-refractivity contribution in [2.75, 3.05) is 0 Å². The van der Waals surface area contributed by atoms with Crippen LogP contribution in [0.25, 0.3) is 0 Å². The van der Waals surface area contributed by atoms with Crippen LogP contribution in [0.3, 0.4) is 0 Å². The Bertz CT molecular complexity index is 1010. The summed E-state index contributed by atoms with van der Waals surface area (Å²) in [7, 11) is 0. The Balaban J connectivity index is 2.09. The van der Waals surface area contributed by atoms with E-state index in [1.165, 1.54) is 27.0 Å². The molecule has 0 radical (unpaired) electrons. The van der Waals surface area contributed by atoms with Gasteiger partial charge in [0.25, 0.3) is 0 Å². The second-order valence-corrected chi connectivity index (χ2v) is 16.9. The third kappa shape index (κ3) is 3.59. The van der Waals surface area contributed by atoms with Crippen molar-refractivity contribution in [2.45, 2.75) is 18.0 Å². The Labute approximate surface area is 187 Å². The van der Waals surface area contributed by atoms with E-state index in [0.717, 1.165) is 11.1 Å². The van der Waals surface area contributed by atoms with Gasteiger partial charge in [-0.15, -0.1) is 0 Å². The van der Waals surface area contributed by atoms with E-state index in [1.54, 1.807) is 0 Å². The molecule has 0 heterocycles. The zero-order chi connectivity index (χ0) is 20.3. The normalized spacial score (nSPS) is 12.9. The van der Waals surface area contributed by atoms with Crippen molar-refractivity contribution in [3.63, 3.8) is 0 Å². The summed E-state index contributed by atoms with van der Waals surface area (Å²) in [5.74, 6) is 0. The van der Waals surface area contributed by atoms with E-state index in [9.17, 15) is 0 Å². The Morgan fingerprint density at radius 2 is 1.07 bits per heavy atom. The van der Waals surface area contributed by atoms with Crippen LogP contribution >= 0.6 is 33.4 Å². The Morgan fingerprint density at radius 3 is 1.45 bits per heavy atom. The zero-order valence-corrected chi connectivity index (χ0v) is 19.7. The molecule has 0 amide bonds. The van der Waals surface area contributed by atoms with Crippen LogP contribution in [0.2, 0.25) is 0 Å². The summed E-state index contributed by atoms with van der Waals surface area (Å²) in [5, 5.41) is 1.00. The maximum absolute atomic E-state index is 4.85. The van der Waals surface area contributed by atoms with E-state index in [2.05, 4.69) is 132 Å². The van der Waals surface area contributed by atoms with Gasteiger partial charge < -0.3 is 0 Å². The van der Waals surface area contributed by atoms with Crippen molar-refractivity contribution in [1.82, 2.24) is 0 Å². The number of benzene rings is 4. The number of thiol groups is 1. The fraction of sp³-hybridized carbons (Fsp3) is 0.0769. The summed E-state index contributed by atoms with van der Waals surface area (Å²) in [5.41, 5.74) is 2.48. The van der Waals surface area contributed by atoms with E-state index in [0.29, 0.717) is 0 Å². The summed E-state index contributed by atoms with van der Waals surface area (Å²) in [6, 6.07) is 39.3. The van der Waals surface area contributed by atoms with E-state index in [-0.39, 0.29) is 0 Å². The van der Waals surface area contributed by atoms with Crippen LogP contribution < -0.4 is 15.9 Å². The number of aryl methyl sites for hydroxylation is 1. The summed E-state index contributed by atoms with van der Waals surface area (Å²) in [6.07, 6.45) is 0.864. The molecule has 29 heavy (non-hydrogen) atoms. The minimum absolute atomic E-state index is 0.864. The van der Waals surface area contributed by atoms with Crippen molar-refractivity contribution >= 4 is 49.3 Å². The van der Waals surface area contributed by atoms with Crippen LogP contribution in [0.4, 0.5) is 0 Å². The van der Waals surface area contributed by atoms with E-state index in [1.807, 2.05) is 0 Å². The van der Waals surface area contributed by atoms with Crippen LogP contribution in [0.1, 0.15) is 11.1 Å². The molecule has 146 valence electrons. The molecule has 0 fully saturated rings. The van der Waals surface area contributed by atoms with Crippen molar-refractivity contribution in [1.29, 1.82) is 0 Å². The topological polar surface area (TPSA) is 0 Å². The number of hydrogen-bond donors (Lipinski definition) is 1. The Morgan fingerprint density at radius 1 is 0.655 bits per heavy atom. The molecule has 0 N–H and O–H groups in total. The van der Waals surface area contributed by atoms with Crippen molar-refractivity contribution in [2.24, 2.45) is 0 Å². The van der Waals surface area contributed by atoms with Gasteiger partial charge in [0.05, 0.1) is 0 Å². The number of rotatable bonds is 5. The van der Waals surface area contributed by atoms with Crippen LogP contribution in [-0.4, -0.2) is 0 Å². The van der Waals surface area contributed by atoms with Crippen molar-refractivity contribution < 1.29 is 0 Å². The third-order valence-corrected chi connectivity index (χ3v) is 15.5. The van der Waals surface area contributed by atoms with E-state index >= 15 is 0 Å². The quantitative estimate of drug-likeness (QED) is 0.241. The predicted octanol–water partition coefficient (Wildman–Crippen LogP) is 6.62. The minimum atomic E-state index is -2.97. The van der Waals surface area contributed by atoms with Gasteiger partial charge >= 0.3 is 188 Å². The van der Waals surface area contributed by atoms with Gasteiger partial charge in [0.2, 0.25) is 0 Å². The molecule has 0 spiro atoms. The third-order valence-electron chi connectivity index (χ3n) is 5.59. The van der Waals surface area contributed by atoms with Gasteiger partial charge in [0, 0.05) is 0 Å². The van der Waals surface area contributed by atoms with Gasteiger partial charge in [0.1, 0.15) is 0 Å². The molecule has 3 heteroatoms. The molecule has 4 aromatic carbocycles. The summed E-state index contributed by atoms with van der Waals surface area (Å²) >= 11 is 9.36. The molecule has 0 unspecified atom stereocenters. The fourth-order valence-corrected chi connectivity index (χ4v) is 12.2. The van der Waals surface area contributed by atoms with E-state index < -0.39 is 5.31 Å². The van der Waals surface area contributed by atoms with Crippen molar-refractivity contribution in [3.05, 3.63) is 120 Å². The van der Waals surface area contributed by atoms with Crippen LogP contribution in [0.15, 0.2) is 114 Å². The fourth-order valence-electron chi connectivity index (χ4n) is 4.07. The number of hydrogen-bond acceptors (Lipinski definition) is 1. The van der Waals surface area contributed by atoms with Gasteiger partial charge in [-0.25, -0.2) is 0 Å². The molecule has 0 aromatic heterocycles. The molecule has 0 aliphatic carbocycles. The summed E-state index contributed by atoms with van der Waals surface area (Å²) < 4.78 is 0. The molecular formula is C26H24BrPS. The molecule has 0 saturated carbocycles. The maximum atomic E-state index is 4.85. The first-order valence-electron chi connectivity index (χ1n) is 9.70. The molecule has 0 bridgehead atoms. The molecule has 0 nitrogen and oxygen atoms in total. The summed E-state index contributed by atoms with van der Waals surface area (Å²) in [6.45, 7) is 2.11. The molecule has 0 aliphatic rings. The molecule has 4 rings (SSSR count). The first kappa shape index (κ1) is 20.4. The van der Waals surface area contributed by atoms with Gasteiger partial charge in [-0.3, -0.25) is 0 Å². The molecule has 4 aromatic rings. The molecule has 0 atom stereocenters. The second kappa shape index (κ2) is 8.11. The SMILES string of the molecule is Cc1ccc(CP(Br)(c2ccccc2)(c2ccccc2)c2ccccc2)c(S)c1. The first-order valence-corrected chi connectivity index (χ1v) is 14.6. The van der Waals surface area contributed by atoms with Gasteiger partial charge in [0.15, 0.2) is 0 Å². The molecule has 0 saturated heterocycles. The zero-order valence-electron chi connectivity index (χ0n) is 16.4. The van der Waals surface area contributed by atoms with Gasteiger partial charge in [-0.05, 0) is 0 Å². The molecular weight excluding hydrogens is 455 g/mol.